The molecule has 0 aromatic carbocycles. The molecule has 17 heavy (non-hydrogen) atoms. The molecule has 0 bridgehead atoms. The van der Waals surface area contributed by atoms with Crippen molar-refractivity contribution in [1.29, 1.82) is 0 Å². The lowest BCUT2D eigenvalue weighted by Gasteiger charge is -2.31. The van der Waals surface area contributed by atoms with E-state index in [4.69, 9.17) is 10.9 Å². The van der Waals surface area contributed by atoms with Gasteiger partial charge in [0.25, 0.3) is 0 Å². The van der Waals surface area contributed by atoms with Crippen molar-refractivity contribution in [2.45, 2.75) is 46.0 Å². The van der Waals surface area contributed by atoms with Crippen molar-refractivity contribution in [2.75, 3.05) is 20.1 Å². The number of amidine groups is 1. The SMILES string of the molecule is CN(CCCC(C)(C)C(N)=NO)CC1CCC1. The summed E-state index contributed by atoms with van der Waals surface area (Å²) in [5.74, 6) is 1.26. The van der Waals surface area contributed by atoms with E-state index in [0.29, 0.717) is 5.84 Å². The van der Waals surface area contributed by atoms with Gasteiger partial charge in [-0.1, -0.05) is 25.4 Å². The lowest BCUT2D eigenvalue weighted by molar-refractivity contribution is 0.199. The van der Waals surface area contributed by atoms with Gasteiger partial charge in [0.2, 0.25) is 0 Å². The zero-order chi connectivity index (χ0) is 12.9. The zero-order valence-electron chi connectivity index (χ0n) is 11.4. The van der Waals surface area contributed by atoms with Crippen molar-refractivity contribution in [3.63, 3.8) is 0 Å². The standard InChI is InChI=1S/C13H27N3O/c1-13(2,12(14)15-17)8-5-9-16(3)10-11-6-4-7-11/h11,17H,4-10H2,1-3H3,(H2,14,15). The predicted octanol–water partition coefficient (Wildman–Crippen LogP) is 2.27. The Bertz CT molecular complexity index is 259. The molecule has 4 heteroatoms. The molecule has 1 rings (SSSR count). The quantitative estimate of drug-likeness (QED) is 0.311. The Morgan fingerprint density at radius 3 is 2.59 bits per heavy atom. The fourth-order valence-corrected chi connectivity index (χ4v) is 2.26. The van der Waals surface area contributed by atoms with Gasteiger partial charge < -0.3 is 15.8 Å². The third-order valence-corrected chi connectivity index (χ3v) is 3.94. The molecule has 1 aliphatic rings. The van der Waals surface area contributed by atoms with E-state index in [1.807, 2.05) is 13.8 Å². The van der Waals surface area contributed by atoms with Crippen LogP contribution in [0.25, 0.3) is 0 Å². The number of nitrogens with zero attached hydrogens (tertiary/aromatic N) is 2. The molecule has 0 heterocycles. The van der Waals surface area contributed by atoms with Crippen LogP contribution in [0, 0.1) is 11.3 Å². The first-order valence-corrected chi connectivity index (χ1v) is 6.62. The molecule has 0 atom stereocenters. The van der Waals surface area contributed by atoms with Gasteiger partial charge in [-0.2, -0.15) is 0 Å². The Labute approximate surface area is 105 Å². The summed E-state index contributed by atoms with van der Waals surface area (Å²) in [4.78, 5) is 2.41. The van der Waals surface area contributed by atoms with Crippen LogP contribution in [0.3, 0.4) is 0 Å². The van der Waals surface area contributed by atoms with Crippen LogP contribution in [0.5, 0.6) is 0 Å². The summed E-state index contributed by atoms with van der Waals surface area (Å²) >= 11 is 0. The van der Waals surface area contributed by atoms with Gasteiger partial charge in [-0.3, -0.25) is 0 Å². The van der Waals surface area contributed by atoms with Gasteiger partial charge in [-0.15, -0.1) is 0 Å². The van der Waals surface area contributed by atoms with Gasteiger partial charge in [-0.05, 0) is 45.2 Å². The van der Waals surface area contributed by atoms with Gasteiger partial charge in [0, 0.05) is 12.0 Å². The van der Waals surface area contributed by atoms with E-state index < -0.39 is 0 Å². The molecule has 4 nitrogen and oxygen atoms in total. The van der Waals surface area contributed by atoms with Gasteiger partial charge in [0.15, 0.2) is 0 Å². The van der Waals surface area contributed by atoms with Crippen LogP contribution >= 0.6 is 0 Å². The molecule has 0 amide bonds. The molecule has 100 valence electrons. The average molecular weight is 241 g/mol. The smallest absolute Gasteiger partial charge is 0.144 e. The number of oxime groups is 1. The third kappa shape index (κ3) is 4.54. The average Bonchev–Trinajstić information content (AvgIpc) is 2.22. The first-order valence-electron chi connectivity index (χ1n) is 6.62. The van der Waals surface area contributed by atoms with Crippen LogP contribution in [-0.2, 0) is 0 Å². The molecule has 0 aromatic rings. The molecule has 0 saturated heterocycles. The third-order valence-electron chi connectivity index (χ3n) is 3.94. The molecule has 0 radical (unpaired) electrons. The summed E-state index contributed by atoms with van der Waals surface area (Å²) < 4.78 is 0. The Hall–Kier alpha value is -0.770. The van der Waals surface area contributed by atoms with Crippen LogP contribution in [0.1, 0.15) is 46.0 Å². The van der Waals surface area contributed by atoms with E-state index in [0.717, 1.165) is 25.3 Å². The molecule has 0 unspecified atom stereocenters. The molecule has 1 fully saturated rings. The van der Waals surface area contributed by atoms with Crippen molar-refractivity contribution in [1.82, 2.24) is 4.90 Å². The summed E-state index contributed by atoms with van der Waals surface area (Å²) in [7, 11) is 2.19. The number of rotatable bonds is 7. The molecule has 1 aliphatic carbocycles. The van der Waals surface area contributed by atoms with Crippen LogP contribution in [0.15, 0.2) is 5.16 Å². The maximum absolute atomic E-state index is 8.69. The highest BCUT2D eigenvalue weighted by molar-refractivity contribution is 5.85. The minimum absolute atomic E-state index is 0.202. The predicted molar refractivity (Wildman–Crippen MR) is 71.3 cm³/mol. The molecule has 0 aliphatic heterocycles. The second-order valence-electron chi connectivity index (χ2n) is 6.03. The van der Waals surface area contributed by atoms with Crippen molar-refractivity contribution in [2.24, 2.45) is 22.2 Å². The number of hydrogen-bond donors (Lipinski definition) is 2. The Morgan fingerprint density at radius 2 is 2.12 bits per heavy atom. The van der Waals surface area contributed by atoms with Crippen molar-refractivity contribution in [3.8, 4) is 0 Å². The monoisotopic (exact) mass is 241 g/mol. The van der Waals surface area contributed by atoms with Crippen LogP contribution in [-0.4, -0.2) is 36.1 Å². The Morgan fingerprint density at radius 1 is 1.47 bits per heavy atom. The summed E-state index contributed by atoms with van der Waals surface area (Å²) in [6, 6.07) is 0. The molecule has 0 spiro atoms. The highest BCUT2D eigenvalue weighted by atomic mass is 16.4. The topological polar surface area (TPSA) is 61.8 Å². The minimum atomic E-state index is -0.202. The van der Waals surface area contributed by atoms with E-state index in [-0.39, 0.29) is 5.41 Å². The number of hydrogen-bond acceptors (Lipinski definition) is 3. The summed E-state index contributed by atoms with van der Waals surface area (Å²) in [5, 5.41) is 11.8. The number of nitrogens with two attached hydrogens (primary N) is 1. The van der Waals surface area contributed by atoms with Crippen LogP contribution < -0.4 is 5.73 Å². The fourth-order valence-electron chi connectivity index (χ4n) is 2.26. The molecule has 1 saturated carbocycles. The lowest BCUT2D eigenvalue weighted by atomic mass is 9.84. The lowest BCUT2D eigenvalue weighted by Crippen LogP contribution is -2.34. The van der Waals surface area contributed by atoms with Gasteiger partial charge in [0.1, 0.15) is 5.84 Å². The summed E-state index contributed by atoms with van der Waals surface area (Å²) in [6.07, 6.45) is 6.26. The van der Waals surface area contributed by atoms with E-state index in [1.165, 1.54) is 25.8 Å². The van der Waals surface area contributed by atoms with E-state index >= 15 is 0 Å². The minimum Gasteiger partial charge on any atom is -0.409 e. The van der Waals surface area contributed by atoms with Crippen molar-refractivity contribution in [3.05, 3.63) is 0 Å². The first kappa shape index (κ1) is 14.3. The molecular weight excluding hydrogens is 214 g/mol. The van der Waals surface area contributed by atoms with E-state index in [1.54, 1.807) is 0 Å². The Balaban J connectivity index is 2.17. The van der Waals surface area contributed by atoms with Gasteiger partial charge >= 0.3 is 0 Å². The normalized spacial score (nSPS) is 18.5. The maximum atomic E-state index is 8.69. The summed E-state index contributed by atoms with van der Waals surface area (Å²) in [6.45, 7) is 6.37. The fraction of sp³-hybridized carbons (Fsp3) is 0.923. The van der Waals surface area contributed by atoms with Crippen LogP contribution in [0.2, 0.25) is 0 Å². The zero-order valence-corrected chi connectivity index (χ0v) is 11.4. The second kappa shape index (κ2) is 6.24. The Kier molecular flexibility index (Phi) is 5.25. The summed E-state index contributed by atoms with van der Waals surface area (Å²) in [5.41, 5.74) is 5.46. The van der Waals surface area contributed by atoms with E-state index in [9.17, 15) is 0 Å². The van der Waals surface area contributed by atoms with Gasteiger partial charge in [0.05, 0.1) is 0 Å². The van der Waals surface area contributed by atoms with Crippen LogP contribution in [0.4, 0.5) is 0 Å². The molecule has 0 aromatic heterocycles. The first-order chi connectivity index (χ1) is 7.95. The largest absolute Gasteiger partial charge is 0.409 e. The van der Waals surface area contributed by atoms with Crippen molar-refractivity contribution < 1.29 is 5.21 Å². The second-order valence-corrected chi connectivity index (χ2v) is 6.03. The van der Waals surface area contributed by atoms with Crippen molar-refractivity contribution >= 4 is 5.84 Å². The maximum Gasteiger partial charge on any atom is 0.144 e. The molecule has 3 N–H and O–H groups in total. The molecular formula is C13H27N3O. The van der Waals surface area contributed by atoms with Gasteiger partial charge in [-0.25, -0.2) is 0 Å². The highest BCUT2D eigenvalue weighted by Gasteiger charge is 2.23. The van der Waals surface area contributed by atoms with E-state index in [2.05, 4.69) is 17.1 Å². The highest BCUT2D eigenvalue weighted by Crippen LogP contribution is 2.27.